The molecule has 1 aromatic carbocycles. The minimum absolute atomic E-state index is 0.216. The zero-order chi connectivity index (χ0) is 19.6. The maximum atomic E-state index is 12.2. The van der Waals surface area contributed by atoms with Crippen LogP contribution in [-0.2, 0) is 22.3 Å². The van der Waals surface area contributed by atoms with E-state index in [1.165, 1.54) is 18.2 Å². The van der Waals surface area contributed by atoms with Gasteiger partial charge in [-0.2, -0.15) is 0 Å². The number of nitrogens with zero attached hydrogens (tertiary/aromatic N) is 2. The Hall–Kier alpha value is -2.08. The van der Waals surface area contributed by atoms with E-state index in [4.69, 9.17) is 9.47 Å². The van der Waals surface area contributed by atoms with Crippen LogP contribution >= 0.6 is 0 Å². The van der Waals surface area contributed by atoms with Crippen LogP contribution < -0.4 is 0 Å². The smallest absolute Gasteiger partial charge is 0.410 e. The zero-order valence-corrected chi connectivity index (χ0v) is 16.8. The second-order valence-electron chi connectivity index (χ2n) is 8.38. The average Bonchev–Trinajstić information content (AvgIpc) is 2.65. The Balaban J connectivity index is 1.56. The summed E-state index contributed by atoms with van der Waals surface area (Å²) in [4.78, 5) is 28.2. The summed E-state index contributed by atoms with van der Waals surface area (Å²) in [6.07, 6.45) is 2.82. The molecule has 148 valence electrons. The number of methoxy groups -OCH3 is 1. The van der Waals surface area contributed by atoms with E-state index in [0.717, 1.165) is 32.4 Å². The van der Waals surface area contributed by atoms with E-state index >= 15 is 0 Å². The Morgan fingerprint density at radius 3 is 2.41 bits per heavy atom. The Labute approximate surface area is 161 Å². The number of esters is 1. The summed E-state index contributed by atoms with van der Waals surface area (Å²) in [5.74, 6) is -0.279. The van der Waals surface area contributed by atoms with Crippen molar-refractivity contribution in [1.29, 1.82) is 0 Å². The van der Waals surface area contributed by atoms with Crippen molar-refractivity contribution in [3.8, 4) is 0 Å². The normalized spacial score (nSPS) is 20.7. The second-order valence-corrected chi connectivity index (χ2v) is 8.38. The van der Waals surface area contributed by atoms with Gasteiger partial charge in [0.2, 0.25) is 0 Å². The van der Waals surface area contributed by atoms with Crippen LogP contribution in [0.3, 0.4) is 0 Å². The summed E-state index contributed by atoms with van der Waals surface area (Å²) in [5, 5.41) is 0. The third kappa shape index (κ3) is 4.80. The highest BCUT2D eigenvalue weighted by Gasteiger charge is 2.30. The van der Waals surface area contributed by atoms with Crippen molar-refractivity contribution in [2.24, 2.45) is 0 Å². The van der Waals surface area contributed by atoms with Crippen molar-refractivity contribution >= 4 is 12.1 Å². The number of hydrogen-bond acceptors (Lipinski definition) is 5. The van der Waals surface area contributed by atoms with E-state index in [1.807, 2.05) is 32.9 Å². The quantitative estimate of drug-likeness (QED) is 0.745. The molecule has 1 saturated heterocycles. The monoisotopic (exact) mass is 374 g/mol. The molecular weight excluding hydrogens is 344 g/mol. The van der Waals surface area contributed by atoms with Crippen molar-refractivity contribution in [2.45, 2.75) is 51.7 Å². The summed E-state index contributed by atoms with van der Waals surface area (Å²) < 4.78 is 10.3. The molecule has 1 amide bonds. The molecule has 1 aliphatic heterocycles. The van der Waals surface area contributed by atoms with Crippen molar-refractivity contribution < 1.29 is 19.1 Å². The van der Waals surface area contributed by atoms with Crippen molar-refractivity contribution in [3.05, 3.63) is 34.9 Å². The standard InChI is InChI=1S/C21H30N2O4/c1-21(2,3)27-20(25)23-11-9-22(10-12-23)18-8-7-15-13-17(19(24)26-4)6-5-16(15)14-18/h5-6,13,18H,7-12,14H2,1-4H3. The molecule has 0 saturated carbocycles. The number of carbonyl (C=O) groups is 2. The molecule has 1 fully saturated rings. The van der Waals surface area contributed by atoms with Crippen molar-refractivity contribution in [1.82, 2.24) is 9.80 Å². The van der Waals surface area contributed by atoms with Crippen LogP contribution in [0.15, 0.2) is 18.2 Å². The van der Waals surface area contributed by atoms with Gasteiger partial charge in [0.15, 0.2) is 0 Å². The van der Waals surface area contributed by atoms with E-state index in [1.54, 1.807) is 4.90 Å². The molecule has 0 radical (unpaired) electrons. The third-order valence-electron chi connectivity index (χ3n) is 5.31. The van der Waals surface area contributed by atoms with Gasteiger partial charge in [-0.15, -0.1) is 0 Å². The summed E-state index contributed by atoms with van der Waals surface area (Å²) in [7, 11) is 1.41. The van der Waals surface area contributed by atoms with E-state index < -0.39 is 5.60 Å². The highest BCUT2D eigenvalue weighted by atomic mass is 16.6. The summed E-state index contributed by atoms with van der Waals surface area (Å²) in [6.45, 7) is 8.85. The number of benzene rings is 1. The predicted molar refractivity (Wildman–Crippen MR) is 103 cm³/mol. The maximum Gasteiger partial charge on any atom is 0.410 e. The van der Waals surface area contributed by atoms with Gasteiger partial charge >= 0.3 is 12.1 Å². The molecule has 0 N–H and O–H groups in total. The van der Waals surface area contributed by atoms with Gasteiger partial charge < -0.3 is 14.4 Å². The van der Waals surface area contributed by atoms with Crippen LogP contribution in [0.2, 0.25) is 0 Å². The fourth-order valence-electron chi connectivity index (χ4n) is 3.89. The molecule has 27 heavy (non-hydrogen) atoms. The van der Waals surface area contributed by atoms with Gasteiger partial charge in [0, 0.05) is 32.2 Å². The molecular formula is C21H30N2O4. The molecule has 3 rings (SSSR count). The minimum Gasteiger partial charge on any atom is -0.465 e. The Bertz CT molecular complexity index is 703. The topological polar surface area (TPSA) is 59.1 Å². The van der Waals surface area contributed by atoms with Gasteiger partial charge in [-0.3, -0.25) is 4.90 Å². The van der Waals surface area contributed by atoms with Crippen LogP contribution in [0.25, 0.3) is 0 Å². The maximum absolute atomic E-state index is 12.2. The predicted octanol–water partition coefficient (Wildman–Crippen LogP) is 2.88. The zero-order valence-electron chi connectivity index (χ0n) is 16.8. The molecule has 0 bridgehead atoms. The molecule has 1 aliphatic carbocycles. The van der Waals surface area contributed by atoms with Crippen molar-refractivity contribution in [3.63, 3.8) is 0 Å². The largest absolute Gasteiger partial charge is 0.465 e. The first-order valence-corrected chi connectivity index (χ1v) is 9.69. The van der Waals surface area contributed by atoms with Crippen LogP contribution in [0.1, 0.15) is 48.7 Å². The fourth-order valence-corrected chi connectivity index (χ4v) is 3.89. The van der Waals surface area contributed by atoms with Crippen LogP contribution in [0, 0.1) is 0 Å². The molecule has 1 aromatic rings. The van der Waals surface area contributed by atoms with E-state index in [2.05, 4.69) is 11.0 Å². The molecule has 1 atom stereocenters. The number of amides is 1. The number of hydrogen-bond donors (Lipinski definition) is 0. The second kappa shape index (κ2) is 7.89. The van der Waals surface area contributed by atoms with Gasteiger partial charge in [-0.05, 0) is 63.3 Å². The summed E-state index contributed by atoms with van der Waals surface area (Å²) in [6, 6.07) is 6.37. The number of aryl methyl sites for hydroxylation is 1. The number of carbonyl (C=O) groups excluding carboxylic acids is 2. The summed E-state index contributed by atoms with van der Waals surface area (Å²) >= 11 is 0. The van der Waals surface area contributed by atoms with Gasteiger partial charge in [0.1, 0.15) is 5.60 Å². The number of fused-ring (bicyclic) bond motifs is 1. The Morgan fingerprint density at radius 1 is 1.07 bits per heavy atom. The SMILES string of the molecule is COC(=O)c1ccc2c(c1)CCC(N1CCN(C(=O)OC(C)(C)C)CC1)C2. The molecule has 1 unspecified atom stereocenters. The first kappa shape index (κ1) is 19.7. The first-order chi connectivity index (χ1) is 12.8. The first-order valence-electron chi connectivity index (χ1n) is 9.69. The fraction of sp³-hybridized carbons (Fsp3) is 0.619. The lowest BCUT2D eigenvalue weighted by Gasteiger charge is -2.41. The molecule has 6 nitrogen and oxygen atoms in total. The number of rotatable bonds is 2. The number of piperazine rings is 1. The highest BCUT2D eigenvalue weighted by Crippen LogP contribution is 2.27. The van der Waals surface area contributed by atoms with E-state index in [0.29, 0.717) is 24.7 Å². The Kier molecular flexibility index (Phi) is 5.75. The van der Waals surface area contributed by atoms with E-state index in [-0.39, 0.29) is 12.1 Å². The van der Waals surface area contributed by atoms with Gasteiger partial charge in [0.25, 0.3) is 0 Å². The lowest BCUT2D eigenvalue weighted by molar-refractivity contribution is 0.00956. The molecule has 0 spiro atoms. The van der Waals surface area contributed by atoms with Crippen LogP contribution in [-0.4, -0.2) is 66.8 Å². The third-order valence-corrected chi connectivity index (χ3v) is 5.31. The van der Waals surface area contributed by atoms with Crippen molar-refractivity contribution in [2.75, 3.05) is 33.3 Å². The van der Waals surface area contributed by atoms with Crippen LogP contribution in [0.5, 0.6) is 0 Å². The summed E-state index contributed by atoms with van der Waals surface area (Å²) in [5.41, 5.74) is 2.74. The van der Waals surface area contributed by atoms with Gasteiger partial charge in [-0.1, -0.05) is 6.07 Å². The van der Waals surface area contributed by atoms with E-state index in [9.17, 15) is 9.59 Å². The lowest BCUT2D eigenvalue weighted by atomic mass is 9.86. The molecule has 0 aromatic heterocycles. The van der Waals surface area contributed by atoms with Gasteiger partial charge in [-0.25, -0.2) is 9.59 Å². The minimum atomic E-state index is -0.454. The molecule has 1 heterocycles. The Morgan fingerprint density at radius 2 is 1.78 bits per heavy atom. The molecule has 2 aliphatic rings. The number of ether oxygens (including phenoxy) is 2. The molecule has 6 heteroatoms. The van der Waals surface area contributed by atoms with Crippen LogP contribution in [0.4, 0.5) is 4.79 Å². The van der Waals surface area contributed by atoms with Gasteiger partial charge in [0.05, 0.1) is 12.7 Å². The average molecular weight is 374 g/mol. The lowest BCUT2D eigenvalue weighted by Crippen LogP contribution is -2.53. The highest BCUT2D eigenvalue weighted by molar-refractivity contribution is 5.89.